The van der Waals surface area contributed by atoms with Gasteiger partial charge in [-0.3, -0.25) is 9.89 Å². The Balaban J connectivity index is 0.00000243. The molecule has 1 saturated heterocycles. The smallest absolute Gasteiger partial charge is 0.193 e. The summed E-state index contributed by atoms with van der Waals surface area (Å²) in [7, 11) is 3.90. The molecule has 0 bridgehead atoms. The molecule has 0 saturated carbocycles. The van der Waals surface area contributed by atoms with E-state index >= 15 is 0 Å². The number of hydrogen-bond acceptors (Lipinski definition) is 3. The van der Waals surface area contributed by atoms with E-state index in [1.54, 1.807) is 6.26 Å². The van der Waals surface area contributed by atoms with Gasteiger partial charge < -0.3 is 14.6 Å². The Hall–Kier alpha value is -1.54. The maximum atomic E-state index is 5.69. The average Bonchev–Trinajstić information content (AvgIpc) is 3.34. The van der Waals surface area contributed by atoms with Crippen LogP contribution in [-0.4, -0.2) is 49.5 Å². The van der Waals surface area contributed by atoms with Crippen molar-refractivity contribution >= 4 is 29.9 Å². The van der Waals surface area contributed by atoms with E-state index in [-0.39, 0.29) is 30.0 Å². The molecule has 6 heteroatoms. The van der Waals surface area contributed by atoms with Gasteiger partial charge in [-0.25, -0.2) is 0 Å². The third-order valence-corrected chi connectivity index (χ3v) is 4.74. The molecule has 3 rings (SSSR count). The molecule has 1 aromatic heterocycles. The van der Waals surface area contributed by atoms with E-state index in [1.165, 1.54) is 18.4 Å². The highest BCUT2D eigenvalue weighted by atomic mass is 127. The van der Waals surface area contributed by atoms with Gasteiger partial charge in [-0.05, 0) is 43.6 Å². The van der Waals surface area contributed by atoms with Gasteiger partial charge in [0.15, 0.2) is 5.96 Å². The monoisotopic (exact) mass is 468 g/mol. The van der Waals surface area contributed by atoms with Crippen LogP contribution in [0.15, 0.2) is 58.1 Å². The van der Waals surface area contributed by atoms with Gasteiger partial charge in [-0.15, -0.1) is 24.0 Å². The molecule has 2 aromatic rings. The van der Waals surface area contributed by atoms with Crippen LogP contribution in [-0.2, 0) is 6.54 Å². The summed E-state index contributed by atoms with van der Waals surface area (Å²) in [5.41, 5.74) is 1.27. The van der Waals surface area contributed by atoms with Crippen molar-refractivity contribution in [3.8, 4) is 0 Å². The quantitative estimate of drug-likeness (QED) is 0.399. The van der Waals surface area contributed by atoms with E-state index in [0.29, 0.717) is 0 Å². The topological polar surface area (TPSA) is 44.0 Å². The molecule has 1 aliphatic heterocycles. The van der Waals surface area contributed by atoms with Gasteiger partial charge in [0.25, 0.3) is 0 Å². The molecule has 0 radical (unpaired) electrons. The Labute approximate surface area is 173 Å². The van der Waals surface area contributed by atoms with Crippen LogP contribution in [0.2, 0.25) is 0 Å². The first-order valence-electron chi connectivity index (χ1n) is 9.01. The standard InChI is InChI=1S/C20H28N4O.HI/c1-21-20(23(2)16-17-9-4-3-5-10-17)22-15-18(19-11-8-14-25-19)24-12-6-7-13-24;/h3-5,8-11,14,18H,6-7,12-13,15-16H2,1-2H3,(H,21,22);1H. The highest BCUT2D eigenvalue weighted by Crippen LogP contribution is 2.24. The molecule has 142 valence electrons. The molecule has 2 heterocycles. The van der Waals surface area contributed by atoms with Crippen molar-refractivity contribution in [2.24, 2.45) is 4.99 Å². The van der Waals surface area contributed by atoms with Crippen molar-refractivity contribution in [1.29, 1.82) is 0 Å². The number of hydrogen-bond donors (Lipinski definition) is 1. The summed E-state index contributed by atoms with van der Waals surface area (Å²) in [5.74, 6) is 1.93. The van der Waals surface area contributed by atoms with Gasteiger partial charge in [0.1, 0.15) is 5.76 Å². The lowest BCUT2D eigenvalue weighted by atomic mass is 10.2. The molecule has 1 fully saturated rings. The fraction of sp³-hybridized carbons (Fsp3) is 0.450. The van der Waals surface area contributed by atoms with E-state index < -0.39 is 0 Å². The first kappa shape index (κ1) is 20.8. The third kappa shape index (κ3) is 5.48. The fourth-order valence-corrected chi connectivity index (χ4v) is 3.45. The molecule has 1 N–H and O–H groups in total. The van der Waals surface area contributed by atoms with Crippen molar-refractivity contribution in [2.45, 2.75) is 25.4 Å². The van der Waals surface area contributed by atoms with E-state index in [4.69, 9.17) is 4.42 Å². The molecule has 5 nitrogen and oxygen atoms in total. The van der Waals surface area contributed by atoms with Gasteiger partial charge in [0.05, 0.1) is 12.3 Å². The summed E-state index contributed by atoms with van der Waals surface area (Å²) in [4.78, 5) is 9.09. The van der Waals surface area contributed by atoms with Gasteiger partial charge in [-0.1, -0.05) is 30.3 Å². The van der Waals surface area contributed by atoms with Crippen LogP contribution in [0.3, 0.4) is 0 Å². The lowest BCUT2D eigenvalue weighted by molar-refractivity contribution is 0.214. The number of likely N-dealkylation sites (tertiary alicyclic amines) is 1. The molecule has 1 aromatic carbocycles. The van der Waals surface area contributed by atoms with Crippen molar-refractivity contribution in [3.05, 3.63) is 60.1 Å². The summed E-state index contributed by atoms with van der Waals surface area (Å²) in [6, 6.07) is 14.7. The Morgan fingerprint density at radius 3 is 2.54 bits per heavy atom. The van der Waals surface area contributed by atoms with Crippen LogP contribution in [0.5, 0.6) is 0 Å². The van der Waals surface area contributed by atoms with Crippen LogP contribution in [0.4, 0.5) is 0 Å². The summed E-state index contributed by atoms with van der Waals surface area (Å²) in [6.45, 7) is 3.88. The highest BCUT2D eigenvalue weighted by molar-refractivity contribution is 14.0. The zero-order valence-corrected chi connectivity index (χ0v) is 17.9. The normalized spacial score (nSPS) is 16.2. The van der Waals surface area contributed by atoms with Gasteiger partial charge >= 0.3 is 0 Å². The Kier molecular flexibility index (Phi) is 8.44. The molecule has 1 atom stereocenters. The van der Waals surface area contributed by atoms with Gasteiger partial charge in [-0.2, -0.15) is 0 Å². The van der Waals surface area contributed by atoms with E-state index in [2.05, 4.69) is 57.5 Å². The molecule has 1 aliphatic rings. The Bertz CT molecular complexity index is 654. The van der Waals surface area contributed by atoms with Crippen molar-refractivity contribution in [2.75, 3.05) is 33.7 Å². The summed E-state index contributed by atoms with van der Waals surface area (Å²) in [5, 5.41) is 3.53. The number of aliphatic imine (C=N–C) groups is 1. The van der Waals surface area contributed by atoms with Crippen LogP contribution >= 0.6 is 24.0 Å². The van der Waals surface area contributed by atoms with Gasteiger partial charge in [0.2, 0.25) is 0 Å². The molecule has 0 spiro atoms. The number of benzene rings is 1. The zero-order valence-electron chi connectivity index (χ0n) is 15.6. The van der Waals surface area contributed by atoms with E-state index in [0.717, 1.165) is 37.9 Å². The largest absolute Gasteiger partial charge is 0.468 e. The first-order chi connectivity index (χ1) is 12.3. The second-order valence-electron chi connectivity index (χ2n) is 6.54. The average molecular weight is 468 g/mol. The van der Waals surface area contributed by atoms with Crippen LogP contribution in [0.25, 0.3) is 0 Å². The van der Waals surface area contributed by atoms with E-state index in [9.17, 15) is 0 Å². The minimum atomic E-state index is 0. The molecule has 0 aliphatic carbocycles. The lowest BCUT2D eigenvalue weighted by Gasteiger charge is -2.29. The minimum absolute atomic E-state index is 0. The fourth-order valence-electron chi connectivity index (χ4n) is 3.45. The van der Waals surface area contributed by atoms with Gasteiger partial charge in [0, 0.05) is 27.2 Å². The molecular weight excluding hydrogens is 439 g/mol. The Morgan fingerprint density at radius 2 is 1.92 bits per heavy atom. The van der Waals surface area contributed by atoms with Crippen molar-refractivity contribution in [1.82, 2.24) is 15.1 Å². The predicted molar refractivity (Wildman–Crippen MR) is 117 cm³/mol. The number of guanidine groups is 1. The van der Waals surface area contributed by atoms with Crippen LogP contribution < -0.4 is 5.32 Å². The summed E-state index contributed by atoms with van der Waals surface area (Å²) >= 11 is 0. The summed E-state index contributed by atoms with van der Waals surface area (Å²) in [6.07, 6.45) is 4.29. The Morgan fingerprint density at radius 1 is 1.19 bits per heavy atom. The number of nitrogens with one attached hydrogen (secondary N) is 1. The number of furan rings is 1. The molecule has 26 heavy (non-hydrogen) atoms. The predicted octanol–water partition coefficient (Wildman–Crippen LogP) is 3.74. The molecule has 1 unspecified atom stereocenters. The minimum Gasteiger partial charge on any atom is -0.468 e. The van der Waals surface area contributed by atoms with E-state index in [1.807, 2.05) is 19.2 Å². The van der Waals surface area contributed by atoms with Crippen molar-refractivity contribution in [3.63, 3.8) is 0 Å². The SMILES string of the molecule is CN=C(NCC(c1ccco1)N1CCCC1)N(C)Cc1ccccc1.I. The second-order valence-corrected chi connectivity index (χ2v) is 6.54. The zero-order chi connectivity index (χ0) is 17.5. The molecular formula is C20H29IN4O. The van der Waals surface area contributed by atoms with Crippen LogP contribution in [0.1, 0.15) is 30.2 Å². The summed E-state index contributed by atoms with van der Waals surface area (Å²) < 4.78 is 5.69. The number of halogens is 1. The number of nitrogens with zero attached hydrogens (tertiary/aromatic N) is 3. The maximum absolute atomic E-state index is 5.69. The number of rotatable bonds is 6. The lowest BCUT2D eigenvalue weighted by Crippen LogP contribution is -2.43. The first-order valence-corrected chi connectivity index (χ1v) is 9.01. The second kappa shape index (κ2) is 10.6. The maximum Gasteiger partial charge on any atom is 0.193 e. The van der Waals surface area contributed by atoms with Crippen molar-refractivity contribution < 1.29 is 4.42 Å². The third-order valence-electron chi connectivity index (χ3n) is 4.74. The van der Waals surface area contributed by atoms with Crippen LogP contribution in [0, 0.1) is 0 Å². The highest BCUT2D eigenvalue weighted by Gasteiger charge is 2.25. The molecule has 0 amide bonds.